The van der Waals surface area contributed by atoms with E-state index < -0.39 is 5.97 Å². The highest BCUT2D eigenvalue weighted by molar-refractivity contribution is 5.92. The SMILES string of the molecule is N#CC=Cc1ccccc1C(=O)O. The average molecular weight is 173 g/mol. The van der Waals surface area contributed by atoms with Gasteiger partial charge in [-0.15, -0.1) is 0 Å². The molecule has 0 heterocycles. The van der Waals surface area contributed by atoms with Crippen LogP contribution in [-0.2, 0) is 0 Å². The van der Waals surface area contributed by atoms with Crippen LogP contribution in [0, 0.1) is 11.3 Å². The lowest BCUT2D eigenvalue weighted by atomic mass is 10.1. The molecule has 0 bridgehead atoms. The summed E-state index contributed by atoms with van der Waals surface area (Å²) in [6.45, 7) is 0. The monoisotopic (exact) mass is 173 g/mol. The van der Waals surface area contributed by atoms with Gasteiger partial charge in [0.05, 0.1) is 11.6 Å². The molecule has 0 unspecified atom stereocenters. The maximum absolute atomic E-state index is 10.7. The van der Waals surface area contributed by atoms with E-state index in [0.717, 1.165) is 0 Å². The highest BCUT2D eigenvalue weighted by Gasteiger charge is 2.05. The first-order valence-corrected chi connectivity index (χ1v) is 3.64. The summed E-state index contributed by atoms with van der Waals surface area (Å²) in [4.78, 5) is 10.7. The van der Waals surface area contributed by atoms with Crippen molar-refractivity contribution in [2.75, 3.05) is 0 Å². The topological polar surface area (TPSA) is 61.1 Å². The number of carboxylic acid groups (broad SMARTS) is 1. The number of rotatable bonds is 2. The van der Waals surface area contributed by atoms with Gasteiger partial charge in [0.15, 0.2) is 0 Å². The lowest BCUT2D eigenvalue weighted by molar-refractivity contribution is 0.0696. The van der Waals surface area contributed by atoms with Crippen LogP contribution < -0.4 is 0 Å². The Hall–Kier alpha value is -2.08. The predicted octanol–water partition coefficient (Wildman–Crippen LogP) is 1.92. The summed E-state index contributed by atoms with van der Waals surface area (Å²) in [5.41, 5.74) is 0.741. The van der Waals surface area contributed by atoms with Crippen molar-refractivity contribution < 1.29 is 9.90 Å². The normalized spacial score (nSPS) is 9.77. The molecule has 3 heteroatoms. The molecule has 0 spiro atoms. The number of carboxylic acids is 1. The molecule has 1 aromatic carbocycles. The number of nitrogens with zero attached hydrogens (tertiary/aromatic N) is 1. The van der Waals surface area contributed by atoms with Gasteiger partial charge in [-0.2, -0.15) is 5.26 Å². The van der Waals surface area contributed by atoms with Crippen molar-refractivity contribution in [1.82, 2.24) is 0 Å². The Labute approximate surface area is 75.5 Å². The molecule has 0 saturated heterocycles. The zero-order chi connectivity index (χ0) is 9.68. The van der Waals surface area contributed by atoms with E-state index in [1.807, 2.05) is 6.07 Å². The summed E-state index contributed by atoms with van der Waals surface area (Å²) in [6, 6.07) is 8.33. The number of hydrogen-bond acceptors (Lipinski definition) is 2. The highest BCUT2D eigenvalue weighted by Crippen LogP contribution is 2.10. The Balaban J connectivity index is 3.14. The van der Waals surface area contributed by atoms with Crippen LogP contribution in [0.3, 0.4) is 0 Å². The predicted molar refractivity (Wildman–Crippen MR) is 48.0 cm³/mol. The molecular formula is C10H7NO2. The molecule has 0 amide bonds. The van der Waals surface area contributed by atoms with Gasteiger partial charge in [0.1, 0.15) is 0 Å². The van der Waals surface area contributed by atoms with Crippen molar-refractivity contribution in [3.05, 3.63) is 41.5 Å². The number of hydrogen-bond donors (Lipinski definition) is 1. The third-order valence-electron chi connectivity index (χ3n) is 1.53. The van der Waals surface area contributed by atoms with E-state index in [1.54, 1.807) is 18.2 Å². The molecule has 0 aromatic heterocycles. The van der Waals surface area contributed by atoms with E-state index in [9.17, 15) is 4.79 Å². The standard InChI is InChI=1S/C10H7NO2/c11-7-3-5-8-4-1-2-6-9(8)10(12)13/h1-6H,(H,12,13). The summed E-state index contributed by atoms with van der Waals surface area (Å²) >= 11 is 0. The van der Waals surface area contributed by atoms with Crippen LogP contribution in [0.2, 0.25) is 0 Å². The van der Waals surface area contributed by atoms with Gasteiger partial charge in [-0.3, -0.25) is 0 Å². The van der Waals surface area contributed by atoms with Crippen LogP contribution in [0.1, 0.15) is 15.9 Å². The lowest BCUT2D eigenvalue weighted by Crippen LogP contribution is -1.98. The number of benzene rings is 1. The first-order chi connectivity index (χ1) is 6.25. The van der Waals surface area contributed by atoms with Gasteiger partial charge >= 0.3 is 5.97 Å². The largest absolute Gasteiger partial charge is 0.478 e. The Morgan fingerprint density at radius 1 is 1.46 bits per heavy atom. The average Bonchev–Trinajstić information content (AvgIpc) is 2.15. The molecule has 0 saturated carbocycles. The third kappa shape index (κ3) is 2.17. The highest BCUT2D eigenvalue weighted by atomic mass is 16.4. The van der Waals surface area contributed by atoms with Crippen LogP contribution in [0.15, 0.2) is 30.3 Å². The van der Waals surface area contributed by atoms with Crippen molar-refractivity contribution >= 4 is 12.0 Å². The second-order valence-corrected chi connectivity index (χ2v) is 2.35. The van der Waals surface area contributed by atoms with Crippen molar-refractivity contribution in [2.24, 2.45) is 0 Å². The van der Waals surface area contributed by atoms with Gasteiger partial charge in [0.2, 0.25) is 0 Å². The molecule has 0 aliphatic rings. The fraction of sp³-hybridized carbons (Fsp3) is 0. The molecule has 0 aliphatic heterocycles. The molecule has 0 atom stereocenters. The molecule has 1 N–H and O–H groups in total. The summed E-state index contributed by atoms with van der Waals surface area (Å²) < 4.78 is 0. The molecular weight excluding hydrogens is 166 g/mol. The molecule has 0 radical (unpaired) electrons. The molecule has 64 valence electrons. The first kappa shape index (κ1) is 9.01. The minimum atomic E-state index is -0.988. The maximum Gasteiger partial charge on any atom is 0.336 e. The number of aromatic carboxylic acids is 1. The van der Waals surface area contributed by atoms with E-state index in [1.165, 1.54) is 18.2 Å². The zero-order valence-corrected chi connectivity index (χ0v) is 6.77. The van der Waals surface area contributed by atoms with E-state index in [4.69, 9.17) is 10.4 Å². The Bertz CT molecular complexity index is 388. The summed E-state index contributed by atoms with van der Waals surface area (Å²) in [5, 5.41) is 17.0. The van der Waals surface area contributed by atoms with Crippen LogP contribution in [0.5, 0.6) is 0 Å². The van der Waals surface area contributed by atoms with Gasteiger partial charge in [0.25, 0.3) is 0 Å². The Morgan fingerprint density at radius 2 is 2.15 bits per heavy atom. The number of carbonyl (C=O) groups is 1. The lowest BCUT2D eigenvalue weighted by Gasteiger charge is -1.98. The van der Waals surface area contributed by atoms with Gasteiger partial charge in [0, 0.05) is 6.08 Å². The van der Waals surface area contributed by atoms with E-state index >= 15 is 0 Å². The van der Waals surface area contributed by atoms with Crippen LogP contribution >= 0.6 is 0 Å². The quantitative estimate of drug-likeness (QED) is 0.695. The molecule has 1 aromatic rings. The molecule has 13 heavy (non-hydrogen) atoms. The van der Waals surface area contributed by atoms with Crippen LogP contribution in [-0.4, -0.2) is 11.1 Å². The molecule has 0 fully saturated rings. The van der Waals surface area contributed by atoms with Crippen molar-refractivity contribution in [3.8, 4) is 6.07 Å². The fourth-order valence-electron chi connectivity index (χ4n) is 0.964. The smallest absolute Gasteiger partial charge is 0.336 e. The number of allylic oxidation sites excluding steroid dienone is 1. The van der Waals surface area contributed by atoms with Crippen molar-refractivity contribution in [1.29, 1.82) is 5.26 Å². The van der Waals surface area contributed by atoms with Gasteiger partial charge in [-0.25, -0.2) is 4.79 Å². The second kappa shape index (κ2) is 4.07. The Kier molecular flexibility index (Phi) is 2.82. The fourth-order valence-corrected chi connectivity index (χ4v) is 0.964. The van der Waals surface area contributed by atoms with Crippen molar-refractivity contribution in [3.63, 3.8) is 0 Å². The first-order valence-electron chi connectivity index (χ1n) is 3.64. The van der Waals surface area contributed by atoms with E-state index in [2.05, 4.69) is 0 Å². The minimum Gasteiger partial charge on any atom is -0.478 e. The van der Waals surface area contributed by atoms with Crippen molar-refractivity contribution in [2.45, 2.75) is 0 Å². The molecule has 1 rings (SSSR count). The van der Waals surface area contributed by atoms with Gasteiger partial charge in [-0.05, 0) is 17.7 Å². The van der Waals surface area contributed by atoms with Gasteiger partial charge < -0.3 is 5.11 Å². The minimum absolute atomic E-state index is 0.203. The molecule has 0 aliphatic carbocycles. The molecule has 3 nitrogen and oxygen atoms in total. The third-order valence-corrected chi connectivity index (χ3v) is 1.53. The van der Waals surface area contributed by atoms with Gasteiger partial charge in [-0.1, -0.05) is 18.2 Å². The summed E-state index contributed by atoms with van der Waals surface area (Å²) in [5.74, 6) is -0.988. The number of nitriles is 1. The second-order valence-electron chi connectivity index (χ2n) is 2.35. The maximum atomic E-state index is 10.7. The summed E-state index contributed by atoms with van der Waals surface area (Å²) in [7, 11) is 0. The van der Waals surface area contributed by atoms with Crippen LogP contribution in [0.4, 0.5) is 0 Å². The van der Waals surface area contributed by atoms with E-state index in [0.29, 0.717) is 5.56 Å². The van der Waals surface area contributed by atoms with E-state index in [-0.39, 0.29) is 5.56 Å². The zero-order valence-electron chi connectivity index (χ0n) is 6.77. The Morgan fingerprint density at radius 3 is 2.77 bits per heavy atom. The summed E-state index contributed by atoms with van der Waals surface area (Å²) in [6.07, 6.45) is 2.73. The van der Waals surface area contributed by atoms with Crippen LogP contribution in [0.25, 0.3) is 6.08 Å².